The van der Waals surface area contributed by atoms with E-state index in [0.29, 0.717) is 6.67 Å². The van der Waals surface area contributed by atoms with Gasteiger partial charge in [-0.15, -0.1) is 0 Å². The van der Waals surface area contributed by atoms with Crippen molar-refractivity contribution in [3.05, 3.63) is 65.7 Å². The molecule has 0 aromatic heterocycles. The summed E-state index contributed by atoms with van der Waals surface area (Å²) in [7, 11) is 0. The molecule has 3 heteroatoms. The van der Waals surface area contributed by atoms with E-state index in [1.807, 2.05) is 35.2 Å². The molecule has 1 amide bonds. The Bertz CT molecular complexity index is 737. The summed E-state index contributed by atoms with van der Waals surface area (Å²) < 4.78 is 0. The van der Waals surface area contributed by atoms with Gasteiger partial charge in [-0.05, 0) is 50.0 Å². The van der Waals surface area contributed by atoms with Crippen LogP contribution in [0.25, 0.3) is 0 Å². The molecule has 4 rings (SSSR count). The number of benzene rings is 2. The predicted octanol–water partition coefficient (Wildman–Crippen LogP) is 3.78. The number of carbonyl (C=O) groups excluding carboxylic acids is 1. The van der Waals surface area contributed by atoms with E-state index in [-0.39, 0.29) is 5.91 Å². The number of fused-ring (bicyclic) bond motifs is 1. The fraction of sp³-hybridized carbons (Fsp3) is 0.381. The summed E-state index contributed by atoms with van der Waals surface area (Å²) >= 11 is 0. The standard InChI is InChI=1S/C21H24N2O/c1-21(17-10-4-2-5-11-17)18-12-6-7-13-19(18)23(20(21)24)16-22-14-8-3-9-15-22/h2,4-7,10-13H,3,8-9,14-16H2,1H3/t21-/m1/s1. The van der Waals surface area contributed by atoms with Gasteiger partial charge in [0.1, 0.15) is 0 Å². The first-order chi connectivity index (χ1) is 11.7. The SMILES string of the molecule is C[C@]1(c2ccccc2)C(=O)N(CN2CCCCC2)c2ccccc21. The van der Waals surface area contributed by atoms with Gasteiger partial charge in [-0.2, -0.15) is 0 Å². The lowest BCUT2D eigenvalue weighted by Gasteiger charge is -2.32. The third-order valence-electron chi connectivity index (χ3n) is 5.55. The van der Waals surface area contributed by atoms with Crippen LogP contribution in [-0.4, -0.2) is 30.6 Å². The van der Waals surface area contributed by atoms with Crippen LogP contribution in [0, 0.1) is 0 Å². The second-order valence-corrected chi connectivity index (χ2v) is 7.06. The number of para-hydroxylation sites is 1. The summed E-state index contributed by atoms with van der Waals surface area (Å²) in [4.78, 5) is 17.9. The maximum absolute atomic E-state index is 13.5. The number of carbonyl (C=O) groups is 1. The summed E-state index contributed by atoms with van der Waals surface area (Å²) in [6.07, 6.45) is 3.78. The molecule has 0 aliphatic carbocycles. The van der Waals surface area contributed by atoms with Crippen LogP contribution in [0.1, 0.15) is 37.3 Å². The fourth-order valence-electron chi connectivity index (χ4n) is 4.12. The van der Waals surface area contributed by atoms with Gasteiger partial charge in [-0.3, -0.25) is 14.6 Å². The summed E-state index contributed by atoms with van der Waals surface area (Å²) in [5.41, 5.74) is 2.68. The van der Waals surface area contributed by atoms with Crippen molar-refractivity contribution in [1.82, 2.24) is 4.90 Å². The quantitative estimate of drug-likeness (QED) is 0.859. The van der Waals surface area contributed by atoms with Gasteiger partial charge < -0.3 is 0 Å². The lowest BCUT2D eigenvalue weighted by Crippen LogP contribution is -2.46. The van der Waals surface area contributed by atoms with Crippen LogP contribution in [0.3, 0.4) is 0 Å². The number of amides is 1. The third-order valence-corrected chi connectivity index (χ3v) is 5.55. The Hall–Kier alpha value is -2.13. The highest BCUT2D eigenvalue weighted by atomic mass is 16.2. The Balaban J connectivity index is 1.74. The number of hydrogen-bond donors (Lipinski definition) is 0. The van der Waals surface area contributed by atoms with Gasteiger partial charge in [0.15, 0.2) is 0 Å². The highest BCUT2D eigenvalue weighted by Gasteiger charge is 2.48. The van der Waals surface area contributed by atoms with Crippen molar-refractivity contribution in [3.63, 3.8) is 0 Å². The van der Waals surface area contributed by atoms with Crippen LogP contribution in [0.5, 0.6) is 0 Å². The molecule has 3 nitrogen and oxygen atoms in total. The first-order valence-electron chi connectivity index (χ1n) is 8.90. The van der Waals surface area contributed by atoms with E-state index in [4.69, 9.17) is 0 Å². The molecule has 2 aromatic rings. The van der Waals surface area contributed by atoms with Crippen LogP contribution >= 0.6 is 0 Å². The monoisotopic (exact) mass is 320 g/mol. The molecule has 1 saturated heterocycles. The Labute approximate surface area is 143 Å². The predicted molar refractivity (Wildman–Crippen MR) is 97.1 cm³/mol. The molecule has 24 heavy (non-hydrogen) atoms. The van der Waals surface area contributed by atoms with Gasteiger partial charge in [-0.25, -0.2) is 0 Å². The van der Waals surface area contributed by atoms with Crippen LogP contribution in [-0.2, 0) is 10.2 Å². The van der Waals surface area contributed by atoms with Gasteiger partial charge in [0.25, 0.3) is 0 Å². The highest BCUT2D eigenvalue weighted by molar-refractivity contribution is 6.10. The summed E-state index contributed by atoms with van der Waals surface area (Å²) in [5, 5.41) is 0. The molecule has 2 aromatic carbocycles. The van der Waals surface area contributed by atoms with E-state index in [1.165, 1.54) is 19.3 Å². The fourth-order valence-corrected chi connectivity index (χ4v) is 4.12. The number of nitrogens with zero attached hydrogens (tertiary/aromatic N) is 2. The molecule has 124 valence electrons. The zero-order valence-corrected chi connectivity index (χ0v) is 14.2. The Morgan fingerprint density at radius 3 is 2.33 bits per heavy atom. The maximum atomic E-state index is 13.5. The number of rotatable bonds is 3. The van der Waals surface area contributed by atoms with E-state index in [9.17, 15) is 4.79 Å². The van der Waals surface area contributed by atoms with Gasteiger partial charge in [0.05, 0.1) is 12.1 Å². The van der Waals surface area contributed by atoms with Crippen molar-refractivity contribution < 1.29 is 4.79 Å². The molecule has 2 aliphatic heterocycles. The summed E-state index contributed by atoms with van der Waals surface area (Å²) in [6.45, 7) is 4.96. The topological polar surface area (TPSA) is 23.6 Å². The van der Waals surface area contributed by atoms with Crippen molar-refractivity contribution in [1.29, 1.82) is 0 Å². The van der Waals surface area contributed by atoms with Crippen LogP contribution in [0.4, 0.5) is 5.69 Å². The number of hydrogen-bond acceptors (Lipinski definition) is 2. The third kappa shape index (κ3) is 2.35. The highest BCUT2D eigenvalue weighted by Crippen LogP contribution is 2.45. The molecule has 0 saturated carbocycles. The minimum absolute atomic E-state index is 0.195. The molecule has 2 aliphatic rings. The Morgan fingerprint density at radius 1 is 0.917 bits per heavy atom. The van der Waals surface area contributed by atoms with Crippen LogP contribution in [0.2, 0.25) is 0 Å². The first-order valence-corrected chi connectivity index (χ1v) is 8.90. The van der Waals surface area contributed by atoms with Crippen molar-refractivity contribution in [2.75, 3.05) is 24.7 Å². The average Bonchev–Trinajstić information content (AvgIpc) is 2.87. The van der Waals surface area contributed by atoms with E-state index in [2.05, 4.69) is 36.1 Å². The minimum atomic E-state index is -0.590. The van der Waals surface area contributed by atoms with Gasteiger partial charge in [-0.1, -0.05) is 55.0 Å². The molecule has 1 fully saturated rings. The second-order valence-electron chi connectivity index (χ2n) is 7.06. The van der Waals surface area contributed by atoms with Gasteiger partial charge in [0, 0.05) is 5.69 Å². The largest absolute Gasteiger partial charge is 0.298 e. The first kappa shape index (κ1) is 15.4. The number of piperidine rings is 1. The van der Waals surface area contributed by atoms with Crippen LogP contribution < -0.4 is 4.90 Å². The van der Waals surface area contributed by atoms with E-state index < -0.39 is 5.41 Å². The minimum Gasteiger partial charge on any atom is -0.298 e. The lowest BCUT2D eigenvalue weighted by molar-refractivity contribution is -0.121. The maximum Gasteiger partial charge on any atom is 0.243 e. The van der Waals surface area contributed by atoms with Crippen molar-refractivity contribution in [2.24, 2.45) is 0 Å². The van der Waals surface area contributed by atoms with Gasteiger partial charge >= 0.3 is 0 Å². The molecular formula is C21H24N2O. The zero-order chi connectivity index (χ0) is 16.6. The molecule has 0 N–H and O–H groups in total. The molecular weight excluding hydrogens is 296 g/mol. The van der Waals surface area contributed by atoms with E-state index in [0.717, 1.165) is 29.9 Å². The molecule has 2 heterocycles. The second kappa shape index (κ2) is 6.06. The van der Waals surface area contributed by atoms with E-state index in [1.54, 1.807) is 0 Å². The molecule has 0 radical (unpaired) electrons. The summed E-state index contributed by atoms with van der Waals surface area (Å²) in [5.74, 6) is 0.195. The van der Waals surface area contributed by atoms with Gasteiger partial charge in [0.2, 0.25) is 5.91 Å². The molecule has 0 unspecified atom stereocenters. The number of likely N-dealkylation sites (tertiary alicyclic amines) is 1. The number of anilines is 1. The Morgan fingerprint density at radius 2 is 1.58 bits per heavy atom. The smallest absolute Gasteiger partial charge is 0.243 e. The van der Waals surface area contributed by atoms with E-state index >= 15 is 0 Å². The molecule has 0 spiro atoms. The normalized spacial score (nSPS) is 24.2. The van der Waals surface area contributed by atoms with Crippen molar-refractivity contribution >= 4 is 11.6 Å². The average molecular weight is 320 g/mol. The Kier molecular flexibility index (Phi) is 3.89. The van der Waals surface area contributed by atoms with Crippen LogP contribution in [0.15, 0.2) is 54.6 Å². The zero-order valence-electron chi connectivity index (χ0n) is 14.2. The molecule has 0 bridgehead atoms. The lowest BCUT2D eigenvalue weighted by atomic mass is 9.77. The van der Waals surface area contributed by atoms with Crippen molar-refractivity contribution in [2.45, 2.75) is 31.6 Å². The summed E-state index contributed by atoms with van der Waals surface area (Å²) in [6, 6.07) is 18.4. The molecule has 1 atom stereocenters. The van der Waals surface area contributed by atoms with Crippen molar-refractivity contribution in [3.8, 4) is 0 Å².